The zero-order valence-corrected chi connectivity index (χ0v) is 14.1. The molecule has 3 rings (SSSR count). The fourth-order valence-corrected chi connectivity index (χ4v) is 3.38. The maximum absolute atomic E-state index is 12.5. The SMILES string of the molecule is CC(O)(CC(=O)N1CCCN(c2ncccc2C#N)CC1)C1CC1. The first-order chi connectivity index (χ1) is 11.5. The summed E-state index contributed by atoms with van der Waals surface area (Å²) in [5, 5.41) is 19.7. The molecule has 0 spiro atoms. The van der Waals surface area contributed by atoms with Gasteiger partial charge in [-0.1, -0.05) is 0 Å². The second-order valence-corrected chi connectivity index (χ2v) is 7.02. The molecule has 1 saturated heterocycles. The minimum Gasteiger partial charge on any atom is -0.389 e. The average Bonchev–Trinajstić information content (AvgIpc) is 3.40. The molecule has 6 nitrogen and oxygen atoms in total. The average molecular weight is 328 g/mol. The van der Waals surface area contributed by atoms with E-state index in [0.717, 1.165) is 25.8 Å². The van der Waals surface area contributed by atoms with E-state index in [4.69, 9.17) is 0 Å². The first-order valence-electron chi connectivity index (χ1n) is 8.61. The lowest BCUT2D eigenvalue weighted by atomic mass is 9.95. The molecule has 2 heterocycles. The Morgan fingerprint density at radius 2 is 2.21 bits per heavy atom. The Labute approximate surface area is 142 Å². The van der Waals surface area contributed by atoms with Gasteiger partial charge in [-0.25, -0.2) is 4.98 Å². The molecule has 1 amide bonds. The van der Waals surface area contributed by atoms with Gasteiger partial charge in [-0.2, -0.15) is 5.26 Å². The fourth-order valence-electron chi connectivity index (χ4n) is 3.38. The summed E-state index contributed by atoms with van der Waals surface area (Å²) in [6.45, 7) is 4.49. The van der Waals surface area contributed by atoms with Crippen molar-refractivity contribution >= 4 is 11.7 Å². The van der Waals surface area contributed by atoms with E-state index in [2.05, 4.69) is 16.0 Å². The zero-order chi connectivity index (χ0) is 17.2. The third-order valence-electron chi connectivity index (χ3n) is 5.02. The van der Waals surface area contributed by atoms with Crippen LogP contribution in [0.1, 0.15) is 38.2 Å². The van der Waals surface area contributed by atoms with E-state index in [1.165, 1.54) is 0 Å². The standard InChI is InChI=1S/C18H24N4O2/c1-18(24,15-5-6-15)12-16(23)21-8-3-9-22(11-10-21)17-14(13-19)4-2-7-20-17/h2,4,7,15,24H,3,5-6,8-12H2,1H3. The maximum atomic E-state index is 12.5. The molecule has 2 aliphatic rings. The van der Waals surface area contributed by atoms with Crippen LogP contribution in [0.4, 0.5) is 5.82 Å². The van der Waals surface area contributed by atoms with Crippen LogP contribution >= 0.6 is 0 Å². The van der Waals surface area contributed by atoms with Gasteiger partial charge in [0.25, 0.3) is 0 Å². The third-order valence-corrected chi connectivity index (χ3v) is 5.02. The van der Waals surface area contributed by atoms with Gasteiger partial charge in [0.15, 0.2) is 0 Å². The third kappa shape index (κ3) is 3.68. The highest BCUT2D eigenvalue weighted by atomic mass is 16.3. The maximum Gasteiger partial charge on any atom is 0.225 e. The molecule has 24 heavy (non-hydrogen) atoms. The summed E-state index contributed by atoms with van der Waals surface area (Å²) in [6.07, 6.45) is 4.76. The van der Waals surface area contributed by atoms with Crippen LogP contribution in [0.3, 0.4) is 0 Å². The smallest absolute Gasteiger partial charge is 0.225 e. The number of pyridine rings is 1. The molecule has 1 atom stereocenters. The van der Waals surface area contributed by atoms with Crippen molar-refractivity contribution in [2.75, 3.05) is 31.1 Å². The number of carbonyl (C=O) groups excluding carboxylic acids is 1. The van der Waals surface area contributed by atoms with Gasteiger partial charge >= 0.3 is 0 Å². The number of nitriles is 1. The number of aliphatic hydroxyl groups is 1. The summed E-state index contributed by atoms with van der Waals surface area (Å²) in [5.41, 5.74) is -0.313. The predicted octanol–water partition coefficient (Wildman–Crippen LogP) is 1.54. The van der Waals surface area contributed by atoms with Crippen molar-refractivity contribution in [3.63, 3.8) is 0 Å². The molecule has 1 aliphatic carbocycles. The van der Waals surface area contributed by atoms with E-state index in [-0.39, 0.29) is 18.2 Å². The van der Waals surface area contributed by atoms with Crippen molar-refractivity contribution in [3.8, 4) is 6.07 Å². The number of hydrogen-bond donors (Lipinski definition) is 1. The Balaban J connectivity index is 1.62. The van der Waals surface area contributed by atoms with Gasteiger partial charge in [0, 0.05) is 32.4 Å². The number of aromatic nitrogens is 1. The van der Waals surface area contributed by atoms with Crippen molar-refractivity contribution in [2.24, 2.45) is 5.92 Å². The molecule has 1 aliphatic heterocycles. The monoisotopic (exact) mass is 328 g/mol. The number of anilines is 1. The quantitative estimate of drug-likeness (QED) is 0.907. The Kier molecular flexibility index (Phi) is 4.72. The van der Waals surface area contributed by atoms with Crippen LogP contribution in [0, 0.1) is 17.2 Å². The molecule has 0 bridgehead atoms. The summed E-state index contributed by atoms with van der Waals surface area (Å²) >= 11 is 0. The second-order valence-electron chi connectivity index (χ2n) is 7.02. The minimum atomic E-state index is -0.877. The number of hydrogen-bond acceptors (Lipinski definition) is 5. The summed E-state index contributed by atoms with van der Waals surface area (Å²) in [7, 11) is 0. The summed E-state index contributed by atoms with van der Waals surface area (Å²) in [6, 6.07) is 5.71. The van der Waals surface area contributed by atoms with E-state index in [1.807, 2.05) is 4.90 Å². The van der Waals surface area contributed by atoms with E-state index in [1.54, 1.807) is 25.3 Å². The molecule has 1 N–H and O–H groups in total. The molecule has 128 valence electrons. The van der Waals surface area contributed by atoms with Crippen LogP contribution < -0.4 is 4.90 Å². The molecular weight excluding hydrogens is 304 g/mol. The molecule has 1 unspecified atom stereocenters. The number of nitrogens with zero attached hydrogens (tertiary/aromatic N) is 4. The fraction of sp³-hybridized carbons (Fsp3) is 0.611. The van der Waals surface area contributed by atoms with E-state index < -0.39 is 5.60 Å². The molecule has 2 fully saturated rings. The molecule has 0 radical (unpaired) electrons. The van der Waals surface area contributed by atoms with Crippen LogP contribution in [0.15, 0.2) is 18.3 Å². The first-order valence-corrected chi connectivity index (χ1v) is 8.61. The van der Waals surface area contributed by atoms with Gasteiger partial charge in [-0.3, -0.25) is 4.79 Å². The van der Waals surface area contributed by atoms with Crippen molar-refractivity contribution in [1.29, 1.82) is 5.26 Å². The van der Waals surface area contributed by atoms with Gasteiger partial charge in [0.05, 0.1) is 17.6 Å². The molecular formula is C18H24N4O2. The largest absolute Gasteiger partial charge is 0.389 e. The number of rotatable bonds is 4. The molecule has 0 aromatic carbocycles. The van der Waals surface area contributed by atoms with E-state index in [0.29, 0.717) is 31.0 Å². The van der Waals surface area contributed by atoms with Crippen LogP contribution in [0.25, 0.3) is 0 Å². The van der Waals surface area contributed by atoms with Crippen LogP contribution in [-0.2, 0) is 4.79 Å². The van der Waals surface area contributed by atoms with Gasteiger partial charge in [0.2, 0.25) is 5.91 Å². The zero-order valence-electron chi connectivity index (χ0n) is 14.1. The lowest BCUT2D eigenvalue weighted by Crippen LogP contribution is -2.41. The van der Waals surface area contributed by atoms with E-state index in [9.17, 15) is 15.2 Å². The molecule has 1 aromatic rings. The minimum absolute atomic E-state index is 0.0234. The van der Waals surface area contributed by atoms with Crippen molar-refractivity contribution < 1.29 is 9.90 Å². The van der Waals surface area contributed by atoms with Crippen LogP contribution in [0.2, 0.25) is 0 Å². The molecule has 1 saturated carbocycles. The Hall–Kier alpha value is -2.13. The van der Waals surface area contributed by atoms with Crippen molar-refractivity contribution in [2.45, 2.75) is 38.2 Å². The molecule has 6 heteroatoms. The second kappa shape index (κ2) is 6.78. The lowest BCUT2D eigenvalue weighted by molar-refractivity contribution is -0.136. The van der Waals surface area contributed by atoms with Crippen LogP contribution in [-0.4, -0.2) is 52.7 Å². The molecule has 1 aromatic heterocycles. The number of carbonyl (C=O) groups is 1. The summed E-state index contributed by atoms with van der Waals surface area (Å²) in [4.78, 5) is 20.8. The van der Waals surface area contributed by atoms with Crippen molar-refractivity contribution in [3.05, 3.63) is 23.9 Å². The van der Waals surface area contributed by atoms with Crippen molar-refractivity contribution in [1.82, 2.24) is 9.88 Å². The Morgan fingerprint density at radius 3 is 2.92 bits per heavy atom. The van der Waals surface area contributed by atoms with Gasteiger partial charge in [-0.05, 0) is 44.2 Å². The van der Waals surface area contributed by atoms with Gasteiger partial charge in [-0.15, -0.1) is 0 Å². The topological polar surface area (TPSA) is 80.5 Å². The van der Waals surface area contributed by atoms with Gasteiger partial charge < -0.3 is 14.9 Å². The Morgan fingerprint density at radius 1 is 1.42 bits per heavy atom. The summed E-state index contributed by atoms with van der Waals surface area (Å²) < 4.78 is 0. The highest BCUT2D eigenvalue weighted by molar-refractivity contribution is 5.77. The van der Waals surface area contributed by atoms with Gasteiger partial charge in [0.1, 0.15) is 11.9 Å². The summed E-state index contributed by atoms with van der Waals surface area (Å²) in [5.74, 6) is 0.992. The normalized spacial score (nSPS) is 20.9. The van der Waals surface area contributed by atoms with Crippen LogP contribution in [0.5, 0.6) is 0 Å². The number of amides is 1. The first kappa shape index (κ1) is 16.7. The predicted molar refractivity (Wildman–Crippen MR) is 90.3 cm³/mol. The highest BCUT2D eigenvalue weighted by Gasteiger charge is 2.42. The lowest BCUT2D eigenvalue weighted by Gasteiger charge is -2.27. The Bertz CT molecular complexity index is 649. The highest BCUT2D eigenvalue weighted by Crippen LogP contribution is 2.41. The van der Waals surface area contributed by atoms with E-state index >= 15 is 0 Å².